The van der Waals surface area contributed by atoms with Gasteiger partial charge in [-0.05, 0) is 30.7 Å². The van der Waals surface area contributed by atoms with E-state index in [1.807, 2.05) is 0 Å². The molecule has 4 heterocycles. The summed E-state index contributed by atoms with van der Waals surface area (Å²) in [4.78, 5) is 34.8. The number of pyridine rings is 1. The van der Waals surface area contributed by atoms with Crippen LogP contribution in [-0.2, 0) is 6.18 Å². The molecular formula is C25H20ClF4N7O2. The maximum Gasteiger partial charge on any atom is 0.418 e. The van der Waals surface area contributed by atoms with Gasteiger partial charge in [-0.3, -0.25) is 14.6 Å². The molecular weight excluding hydrogens is 542 g/mol. The van der Waals surface area contributed by atoms with Gasteiger partial charge in [0.15, 0.2) is 5.82 Å². The summed E-state index contributed by atoms with van der Waals surface area (Å²) in [6.45, 7) is 1.27. The Morgan fingerprint density at radius 2 is 1.92 bits per heavy atom. The van der Waals surface area contributed by atoms with Gasteiger partial charge in [0.2, 0.25) is 0 Å². The summed E-state index contributed by atoms with van der Waals surface area (Å²) in [6, 6.07) is 5.80. The number of benzene rings is 1. The van der Waals surface area contributed by atoms with Crippen LogP contribution in [0, 0.1) is 6.92 Å². The van der Waals surface area contributed by atoms with E-state index in [9.17, 15) is 27.2 Å². The Labute approximate surface area is 223 Å². The minimum absolute atomic E-state index is 0.0369. The van der Waals surface area contributed by atoms with Crippen molar-refractivity contribution in [1.29, 1.82) is 0 Å². The van der Waals surface area contributed by atoms with Gasteiger partial charge in [0.25, 0.3) is 11.8 Å². The van der Waals surface area contributed by atoms with Crippen molar-refractivity contribution in [3.63, 3.8) is 0 Å². The number of nitrogens with one attached hydrogen (secondary N) is 1. The molecule has 0 saturated carbocycles. The normalized spacial score (nSPS) is 17.5. The van der Waals surface area contributed by atoms with Crippen molar-refractivity contribution in [2.45, 2.75) is 25.3 Å². The lowest BCUT2D eigenvalue weighted by Gasteiger charge is -2.18. The number of anilines is 1. The Morgan fingerprint density at radius 1 is 1.15 bits per heavy atom. The number of nitrogens with two attached hydrogens (primary N) is 1. The van der Waals surface area contributed by atoms with Crippen LogP contribution in [0.5, 0.6) is 0 Å². The summed E-state index contributed by atoms with van der Waals surface area (Å²) in [6.07, 6.45) is -2.55. The molecule has 0 spiro atoms. The third-order valence-corrected chi connectivity index (χ3v) is 6.85. The van der Waals surface area contributed by atoms with Gasteiger partial charge in [-0.1, -0.05) is 23.7 Å². The van der Waals surface area contributed by atoms with Crippen molar-refractivity contribution in [2.24, 2.45) is 0 Å². The van der Waals surface area contributed by atoms with E-state index < -0.39 is 41.3 Å². The molecule has 1 aromatic carbocycles. The Kier molecular flexibility index (Phi) is 6.62. The average Bonchev–Trinajstić information content (AvgIpc) is 3.46. The monoisotopic (exact) mass is 561 g/mol. The van der Waals surface area contributed by atoms with Crippen molar-refractivity contribution in [2.75, 3.05) is 18.8 Å². The van der Waals surface area contributed by atoms with Crippen molar-refractivity contribution in [3.05, 3.63) is 76.3 Å². The lowest BCUT2D eigenvalue weighted by atomic mass is 10.0. The summed E-state index contributed by atoms with van der Waals surface area (Å²) < 4.78 is 57.0. The number of fused-ring (bicyclic) bond motifs is 1. The van der Waals surface area contributed by atoms with E-state index in [1.54, 1.807) is 13.0 Å². The van der Waals surface area contributed by atoms with Gasteiger partial charge >= 0.3 is 6.18 Å². The van der Waals surface area contributed by atoms with Gasteiger partial charge in [-0.2, -0.15) is 18.3 Å². The minimum Gasteiger partial charge on any atom is -0.382 e. The molecule has 0 bridgehead atoms. The van der Waals surface area contributed by atoms with Gasteiger partial charge in [0, 0.05) is 30.1 Å². The third-order valence-electron chi connectivity index (χ3n) is 6.52. The number of aryl methyl sites for hydroxylation is 1. The lowest BCUT2D eigenvalue weighted by molar-refractivity contribution is -0.136. The lowest BCUT2D eigenvalue weighted by Crippen LogP contribution is -2.42. The van der Waals surface area contributed by atoms with Crippen LogP contribution in [0.3, 0.4) is 0 Å². The predicted octanol–water partition coefficient (Wildman–Crippen LogP) is 3.95. The maximum atomic E-state index is 14.9. The number of hydrogen-bond donors (Lipinski definition) is 2. The fourth-order valence-electron chi connectivity index (χ4n) is 4.53. The summed E-state index contributed by atoms with van der Waals surface area (Å²) >= 11 is 6.06. The molecule has 1 aliphatic rings. The quantitative estimate of drug-likeness (QED) is 0.364. The zero-order chi connectivity index (χ0) is 28.1. The molecule has 39 heavy (non-hydrogen) atoms. The fraction of sp³-hybridized carbons (Fsp3) is 0.240. The van der Waals surface area contributed by atoms with Crippen molar-refractivity contribution in [1.82, 2.24) is 29.8 Å². The van der Waals surface area contributed by atoms with Crippen LogP contribution >= 0.6 is 11.6 Å². The zero-order valence-electron chi connectivity index (χ0n) is 20.2. The summed E-state index contributed by atoms with van der Waals surface area (Å²) in [5.74, 6) is -1.52. The number of amides is 2. The van der Waals surface area contributed by atoms with Crippen molar-refractivity contribution in [3.8, 4) is 11.3 Å². The first kappa shape index (κ1) is 26.4. The van der Waals surface area contributed by atoms with Gasteiger partial charge in [0.05, 0.1) is 34.4 Å². The number of nitrogen functional groups attached to an aromatic ring is 1. The summed E-state index contributed by atoms with van der Waals surface area (Å²) in [5.41, 5.74) is 5.32. The number of nitrogens with zero attached hydrogens (tertiary/aromatic N) is 5. The number of alkyl halides is 4. The highest BCUT2D eigenvalue weighted by molar-refractivity contribution is 6.33. The molecule has 0 unspecified atom stereocenters. The smallest absolute Gasteiger partial charge is 0.382 e. The molecule has 1 aliphatic heterocycles. The highest BCUT2D eigenvalue weighted by Gasteiger charge is 2.38. The predicted molar refractivity (Wildman–Crippen MR) is 134 cm³/mol. The van der Waals surface area contributed by atoms with E-state index in [4.69, 9.17) is 17.3 Å². The second-order valence-electron chi connectivity index (χ2n) is 9.04. The second-order valence-corrected chi connectivity index (χ2v) is 9.45. The van der Waals surface area contributed by atoms with Gasteiger partial charge in [-0.25, -0.2) is 13.9 Å². The number of rotatable bonds is 4. The number of hydrogen-bond acceptors (Lipinski definition) is 6. The molecule has 9 nitrogen and oxygen atoms in total. The molecule has 5 rings (SSSR count). The molecule has 1 saturated heterocycles. The Hall–Kier alpha value is -4.26. The van der Waals surface area contributed by atoms with Crippen LogP contribution in [0.2, 0.25) is 5.02 Å². The van der Waals surface area contributed by atoms with Crippen LogP contribution in [0.25, 0.3) is 16.8 Å². The highest BCUT2D eigenvalue weighted by atomic mass is 35.5. The van der Waals surface area contributed by atoms with Crippen LogP contribution in [0.4, 0.5) is 23.4 Å². The molecule has 1 fully saturated rings. The average molecular weight is 562 g/mol. The van der Waals surface area contributed by atoms with Crippen LogP contribution < -0.4 is 11.1 Å². The molecule has 4 aromatic rings. The molecule has 14 heteroatoms. The van der Waals surface area contributed by atoms with Crippen LogP contribution in [0.15, 0.2) is 49.1 Å². The second kappa shape index (κ2) is 9.80. The molecule has 3 N–H and O–H groups in total. The largest absolute Gasteiger partial charge is 0.418 e. The van der Waals surface area contributed by atoms with E-state index in [2.05, 4.69) is 20.4 Å². The van der Waals surface area contributed by atoms with Gasteiger partial charge < -0.3 is 16.0 Å². The third kappa shape index (κ3) is 4.85. The Balaban J connectivity index is 1.42. The fourth-order valence-corrected chi connectivity index (χ4v) is 4.72. The van der Waals surface area contributed by atoms with E-state index in [0.29, 0.717) is 5.56 Å². The molecule has 2 amide bonds. The van der Waals surface area contributed by atoms with E-state index in [1.165, 1.54) is 35.5 Å². The molecule has 2 atom stereocenters. The number of aromatic nitrogens is 4. The Morgan fingerprint density at radius 3 is 2.64 bits per heavy atom. The van der Waals surface area contributed by atoms with E-state index >= 15 is 0 Å². The standard InChI is InChI=1S/C25H20ClF4N7O2/c1-12-2-3-13(20-7-16(25(28,29)30)21-22(31)33-11-34-37(20)21)6-14(12)23(38)35-19-10-36(9-18(19)27)24(39)15-8-32-5-4-17(15)26/h2-8,11,18-19H,9-10H2,1H3,(H,35,38)(H2,31,33,34)/t18-,19+/m0/s1. The first-order valence-electron chi connectivity index (χ1n) is 11.6. The van der Waals surface area contributed by atoms with Crippen LogP contribution in [-0.4, -0.2) is 61.6 Å². The van der Waals surface area contributed by atoms with E-state index in [0.717, 1.165) is 16.9 Å². The number of likely N-dealkylation sites (tertiary alicyclic amines) is 1. The maximum absolute atomic E-state index is 14.9. The minimum atomic E-state index is -4.73. The molecule has 0 aliphatic carbocycles. The Bertz CT molecular complexity index is 1610. The van der Waals surface area contributed by atoms with Crippen LogP contribution in [0.1, 0.15) is 31.8 Å². The van der Waals surface area contributed by atoms with Crippen molar-refractivity contribution < 1.29 is 27.2 Å². The van der Waals surface area contributed by atoms with Crippen molar-refractivity contribution >= 4 is 34.7 Å². The van der Waals surface area contributed by atoms with E-state index in [-0.39, 0.29) is 46.3 Å². The first-order chi connectivity index (χ1) is 18.5. The number of carbonyl (C=O) groups excluding carboxylic acids is 2. The molecule has 3 aromatic heterocycles. The molecule has 202 valence electrons. The highest BCUT2D eigenvalue weighted by Crippen LogP contribution is 2.38. The topological polar surface area (TPSA) is 119 Å². The SMILES string of the molecule is Cc1ccc(-c2cc(C(F)(F)F)c3c(N)ncnn23)cc1C(=O)N[C@@H]1CN(C(=O)c2cnccc2Cl)C[C@@H]1F. The summed E-state index contributed by atoms with van der Waals surface area (Å²) in [7, 11) is 0. The summed E-state index contributed by atoms with van der Waals surface area (Å²) in [5, 5.41) is 6.70. The molecule has 0 radical (unpaired) electrons. The van der Waals surface area contributed by atoms with Gasteiger partial charge in [-0.15, -0.1) is 0 Å². The first-order valence-corrected chi connectivity index (χ1v) is 12.0. The number of carbonyl (C=O) groups is 2. The zero-order valence-corrected chi connectivity index (χ0v) is 21.0. The van der Waals surface area contributed by atoms with Gasteiger partial charge in [0.1, 0.15) is 18.0 Å². The number of halogens is 5.